The second-order valence-electron chi connectivity index (χ2n) is 4.40. The summed E-state index contributed by atoms with van der Waals surface area (Å²) in [6.45, 7) is -0.641. The molecule has 1 aliphatic rings. The number of aliphatic hydroxyl groups is 2. The van der Waals surface area contributed by atoms with E-state index in [1.54, 1.807) is 4.98 Å². The molecule has 1 aliphatic heterocycles. The highest BCUT2D eigenvalue weighted by molar-refractivity contribution is 6.22. The monoisotopic (exact) mass is 328 g/mol. The molecule has 4 atom stereocenters. The van der Waals surface area contributed by atoms with Gasteiger partial charge in [-0.2, -0.15) is 4.39 Å². The van der Waals surface area contributed by atoms with Crippen molar-refractivity contribution in [3.05, 3.63) is 32.9 Å². The Morgan fingerprint density at radius 3 is 2.70 bits per heavy atom. The summed E-state index contributed by atoms with van der Waals surface area (Å²) in [4.78, 5) is 24.4. The molecule has 0 saturated carbocycles. The van der Waals surface area contributed by atoms with Crippen LogP contribution in [0, 0.1) is 5.82 Å². The summed E-state index contributed by atoms with van der Waals surface area (Å²) >= 11 is 11.6. The van der Waals surface area contributed by atoms with E-state index >= 15 is 0 Å². The number of nitrogens with zero attached hydrogens (tertiary/aromatic N) is 1. The minimum Gasteiger partial charge on any atom is -0.393 e. The van der Waals surface area contributed by atoms with Crippen molar-refractivity contribution < 1.29 is 19.3 Å². The van der Waals surface area contributed by atoms with Crippen LogP contribution in [0.2, 0.25) is 0 Å². The van der Waals surface area contributed by atoms with E-state index in [2.05, 4.69) is 0 Å². The molecular formula is C10H11Cl2FN2O5. The zero-order chi connectivity index (χ0) is 15.1. The van der Waals surface area contributed by atoms with Crippen LogP contribution in [0.25, 0.3) is 0 Å². The van der Waals surface area contributed by atoms with Gasteiger partial charge in [0.2, 0.25) is 5.82 Å². The van der Waals surface area contributed by atoms with Crippen molar-refractivity contribution in [2.24, 2.45) is 0 Å². The zero-order valence-electron chi connectivity index (χ0n) is 9.92. The third kappa shape index (κ3) is 2.27. The first-order valence-corrected chi connectivity index (χ1v) is 6.51. The van der Waals surface area contributed by atoms with Gasteiger partial charge in [-0.3, -0.25) is 14.3 Å². The van der Waals surface area contributed by atoms with Crippen LogP contribution in [0.5, 0.6) is 0 Å². The number of H-pyrrole nitrogens is 1. The second kappa shape index (κ2) is 5.45. The number of hydrogen-bond donors (Lipinski definition) is 3. The molecule has 2 heterocycles. The first kappa shape index (κ1) is 15.5. The number of ether oxygens (including phenoxy) is 1. The van der Waals surface area contributed by atoms with Gasteiger partial charge in [0.1, 0.15) is 17.1 Å². The molecule has 1 aromatic rings. The normalized spacial score (nSPS) is 33.5. The molecule has 0 spiro atoms. The van der Waals surface area contributed by atoms with Crippen molar-refractivity contribution >= 4 is 23.2 Å². The fraction of sp³-hybridized carbons (Fsp3) is 0.600. The number of halogens is 3. The number of hydrogen-bond acceptors (Lipinski definition) is 5. The van der Waals surface area contributed by atoms with Crippen LogP contribution < -0.4 is 11.2 Å². The lowest BCUT2D eigenvalue weighted by Gasteiger charge is -2.27. The van der Waals surface area contributed by atoms with Crippen LogP contribution in [-0.4, -0.2) is 49.3 Å². The fourth-order valence-electron chi connectivity index (χ4n) is 1.96. The Bertz CT molecular complexity index is 614. The Kier molecular flexibility index (Phi) is 4.22. The summed E-state index contributed by atoms with van der Waals surface area (Å²) in [6, 6.07) is 0. The summed E-state index contributed by atoms with van der Waals surface area (Å²) in [5, 5.41) is 18.1. The Labute approximate surface area is 121 Å². The van der Waals surface area contributed by atoms with Crippen molar-refractivity contribution in [3.63, 3.8) is 0 Å². The average Bonchev–Trinajstić information content (AvgIpc) is 2.68. The van der Waals surface area contributed by atoms with Crippen molar-refractivity contribution in [3.8, 4) is 0 Å². The Hall–Kier alpha value is -0.930. The van der Waals surface area contributed by atoms with Gasteiger partial charge in [0.15, 0.2) is 6.23 Å². The molecule has 1 saturated heterocycles. The molecule has 2 rings (SSSR count). The maximum Gasteiger partial charge on any atom is 0.330 e. The molecule has 0 bridgehead atoms. The Morgan fingerprint density at radius 2 is 2.20 bits per heavy atom. The molecule has 112 valence electrons. The molecule has 20 heavy (non-hydrogen) atoms. The van der Waals surface area contributed by atoms with E-state index in [4.69, 9.17) is 27.9 Å². The topological polar surface area (TPSA) is 105 Å². The van der Waals surface area contributed by atoms with Crippen LogP contribution >= 0.6 is 23.2 Å². The van der Waals surface area contributed by atoms with Gasteiger partial charge in [-0.25, -0.2) is 4.79 Å². The molecule has 0 aromatic carbocycles. The summed E-state index contributed by atoms with van der Waals surface area (Å²) in [5.74, 6) is -1.50. The van der Waals surface area contributed by atoms with Gasteiger partial charge in [0, 0.05) is 0 Å². The minimum absolute atomic E-state index is 0.287. The van der Waals surface area contributed by atoms with Crippen LogP contribution in [0.15, 0.2) is 15.8 Å². The highest BCUT2D eigenvalue weighted by atomic mass is 35.5. The number of nitrogens with one attached hydrogen (secondary N) is 1. The SMILES string of the molecule is O=c1[nH]c(=O)n([C@@H]2O[C@@](CO)(CCl)[C@@H](O)[C@H]2Cl)cc1F. The molecule has 3 N–H and O–H groups in total. The van der Waals surface area contributed by atoms with E-state index < -0.39 is 47.0 Å². The van der Waals surface area contributed by atoms with Crippen molar-refractivity contribution in [2.45, 2.75) is 23.3 Å². The van der Waals surface area contributed by atoms with Gasteiger partial charge in [-0.15, -0.1) is 23.2 Å². The summed E-state index contributed by atoms with van der Waals surface area (Å²) in [5.41, 5.74) is -3.70. The maximum absolute atomic E-state index is 13.3. The fourth-order valence-corrected chi connectivity index (χ4v) is 2.67. The van der Waals surface area contributed by atoms with Gasteiger partial charge < -0.3 is 14.9 Å². The van der Waals surface area contributed by atoms with Gasteiger partial charge in [-0.1, -0.05) is 0 Å². The molecule has 0 unspecified atom stereocenters. The molecule has 10 heteroatoms. The zero-order valence-corrected chi connectivity index (χ0v) is 11.4. The van der Waals surface area contributed by atoms with Crippen molar-refractivity contribution in [1.82, 2.24) is 9.55 Å². The molecule has 0 aliphatic carbocycles. The van der Waals surface area contributed by atoms with Crippen LogP contribution in [-0.2, 0) is 4.74 Å². The smallest absolute Gasteiger partial charge is 0.330 e. The lowest BCUT2D eigenvalue weighted by molar-refractivity contribution is -0.114. The molecular weight excluding hydrogens is 318 g/mol. The van der Waals surface area contributed by atoms with Gasteiger partial charge in [0.25, 0.3) is 5.56 Å². The van der Waals surface area contributed by atoms with Crippen LogP contribution in [0.1, 0.15) is 6.23 Å². The number of alkyl halides is 2. The lowest BCUT2D eigenvalue weighted by atomic mass is 10.00. The van der Waals surface area contributed by atoms with Crippen LogP contribution in [0.4, 0.5) is 4.39 Å². The van der Waals surface area contributed by atoms with Gasteiger partial charge in [-0.05, 0) is 0 Å². The Balaban J connectivity index is 2.47. The summed E-state index contributed by atoms with van der Waals surface area (Å²) in [7, 11) is 0. The third-order valence-corrected chi connectivity index (χ3v) is 4.07. The van der Waals surface area contributed by atoms with E-state index in [9.17, 15) is 24.2 Å². The third-order valence-electron chi connectivity index (χ3n) is 3.16. The van der Waals surface area contributed by atoms with E-state index in [1.165, 1.54) is 0 Å². The minimum atomic E-state index is -1.56. The molecule has 0 radical (unpaired) electrons. The van der Waals surface area contributed by atoms with E-state index in [1.807, 2.05) is 0 Å². The van der Waals surface area contributed by atoms with Gasteiger partial charge >= 0.3 is 5.69 Å². The average molecular weight is 329 g/mol. The highest BCUT2D eigenvalue weighted by Gasteiger charge is 2.54. The standard InChI is InChI=1S/C10H11Cl2FN2O5/c11-2-10(3-16)6(17)5(12)8(20-10)15-1-4(13)7(18)14-9(15)19/h1,5-6,8,16-17H,2-3H2,(H,14,18,19)/t5-,6+,8-,10-/m1/s1. The van der Waals surface area contributed by atoms with Crippen LogP contribution in [0.3, 0.4) is 0 Å². The predicted octanol–water partition coefficient (Wildman–Crippen LogP) is -0.857. The highest BCUT2D eigenvalue weighted by Crippen LogP contribution is 2.40. The number of rotatable bonds is 3. The quantitative estimate of drug-likeness (QED) is 0.626. The summed E-state index contributed by atoms with van der Waals surface area (Å²) in [6.07, 6.45) is -2.04. The van der Waals surface area contributed by atoms with E-state index in [0.717, 1.165) is 0 Å². The largest absolute Gasteiger partial charge is 0.393 e. The van der Waals surface area contributed by atoms with Crippen molar-refractivity contribution in [1.29, 1.82) is 0 Å². The lowest BCUT2D eigenvalue weighted by Crippen LogP contribution is -2.47. The molecule has 0 amide bonds. The second-order valence-corrected chi connectivity index (χ2v) is 5.17. The van der Waals surface area contributed by atoms with Crippen molar-refractivity contribution in [2.75, 3.05) is 12.5 Å². The predicted molar refractivity (Wildman–Crippen MR) is 67.6 cm³/mol. The van der Waals surface area contributed by atoms with Gasteiger partial charge in [0.05, 0.1) is 18.7 Å². The molecule has 1 fully saturated rings. The Morgan fingerprint density at radius 1 is 1.55 bits per heavy atom. The van der Waals surface area contributed by atoms with E-state index in [0.29, 0.717) is 10.8 Å². The molecule has 1 aromatic heterocycles. The van der Waals surface area contributed by atoms with E-state index in [-0.39, 0.29) is 5.88 Å². The number of aromatic amines is 1. The number of aromatic nitrogens is 2. The first-order chi connectivity index (χ1) is 9.36. The first-order valence-electron chi connectivity index (χ1n) is 5.54. The summed E-state index contributed by atoms with van der Waals surface area (Å²) < 4.78 is 19.3. The maximum atomic E-state index is 13.3. The molecule has 7 nitrogen and oxygen atoms in total. The number of aliphatic hydroxyl groups excluding tert-OH is 2.